The molecular formula is C15H11N3OS. The molecule has 98 valence electrons. The van der Waals surface area contributed by atoms with E-state index in [9.17, 15) is 10.1 Å². The molecule has 3 aromatic rings. The van der Waals surface area contributed by atoms with Gasteiger partial charge in [0.05, 0.1) is 22.0 Å². The van der Waals surface area contributed by atoms with Crippen LogP contribution in [0.3, 0.4) is 0 Å². The summed E-state index contributed by atoms with van der Waals surface area (Å²) in [5.41, 5.74) is 1.71. The van der Waals surface area contributed by atoms with Gasteiger partial charge in [0, 0.05) is 7.05 Å². The van der Waals surface area contributed by atoms with Gasteiger partial charge in [-0.3, -0.25) is 4.79 Å². The lowest BCUT2D eigenvalue weighted by Gasteiger charge is -2.07. The molecule has 0 N–H and O–H groups in total. The second kappa shape index (κ2) is 4.91. The minimum absolute atomic E-state index is 0.194. The zero-order valence-electron chi connectivity index (χ0n) is 10.8. The van der Waals surface area contributed by atoms with Crippen LogP contribution in [0.15, 0.2) is 41.8 Å². The quantitative estimate of drug-likeness (QED) is 0.693. The first-order valence-corrected chi connectivity index (χ1v) is 6.99. The lowest BCUT2D eigenvalue weighted by Crippen LogP contribution is -2.14. The van der Waals surface area contributed by atoms with Gasteiger partial charge in [0.25, 0.3) is 0 Å². The first kappa shape index (κ1) is 12.6. The Hall–Kier alpha value is -2.45. The van der Waals surface area contributed by atoms with E-state index in [0.717, 1.165) is 11.0 Å². The summed E-state index contributed by atoms with van der Waals surface area (Å²) in [5, 5.41) is 11.2. The fraction of sp³-hybridized carbons (Fsp3) is 0.133. The van der Waals surface area contributed by atoms with E-state index in [1.165, 1.54) is 11.3 Å². The molecule has 0 saturated carbocycles. The number of nitrogens with zero attached hydrogens (tertiary/aromatic N) is 3. The molecule has 5 heteroatoms. The first-order chi connectivity index (χ1) is 9.72. The highest BCUT2D eigenvalue weighted by Gasteiger charge is 2.27. The molecule has 0 radical (unpaired) electrons. The number of aromatic nitrogens is 2. The predicted octanol–water partition coefficient (Wildman–Crippen LogP) is 3.12. The van der Waals surface area contributed by atoms with E-state index in [2.05, 4.69) is 11.1 Å². The average molecular weight is 281 g/mol. The Morgan fingerprint density at radius 1 is 1.35 bits per heavy atom. The standard InChI is InChI=1S/C15H11N3OS/c1-18-12-6-3-2-5-11(12)17-15(18)10(9-16)14(19)13-7-4-8-20-13/h2-8,10H,1H3. The minimum atomic E-state index is -0.869. The summed E-state index contributed by atoms with van der Waals surface area (Å²) in [6.07, 6.45) is 0. The summed E-state index contributed by atoms with van der Waals surface area (Å²) in [6.45, 7) is 0. The SMILES string of the molecule is Cn1c(C(C#N)C(=O)c2cccs2)nc2ccccc21. The van der Waals surface area contributed by atoms with E-state index in [1.807, 2.05) is 41.3 Å². The van der Waals surface area contributed by atoms with E-state index in [1.54, 1.807) is 12.1 Å². The van der Waals surface area contributed by atoms with Gasteiger partial charge in [-0.15, -0.1) is 11.3 Å². The number of carbonyl (C=O) groups is 1. The van der Waals surface area contributed by atoms with Gasteiger partial charge in [-0.05, 0) is 23.6 Å². The fourth-order valence-electron chi connectivity index (χ4n) is 2.22. The molecule has 1 atom stereocenters. The molecule has 0 saturated heterocycles. The minimum Gasteiger partial charge on any atom is -0.330 e. The number of imidazole rings is 1. The summed E-state index contributed by atoms with van der Waals surface area (Å²) in [6, 6.07) is 13.2. The number of Topliss-reactive ketones (excluding diaryl/α,β-unsaturated/α-hetero) is 1. The highest BCUT2D eigenvalue weighted by atomic mass is 32.1. The van der Waals surface area contributed by atoms with Crippen molar-refractivity contribution >= 4 is 28.2 Å². The normalized spacial score (nSPS) is 12.2. The fourth-order valence-corrected chi connectivity index (χ4v) is 2.91. The van der Waals surface area contributed by atoms with Crippen molar-refractivity contribution in [2.45, 2.75) is 5.92 Å². The summed E-state index contributed by atoms with van der Waals surface area (Å²) in [4.78, 5) is 17.4. The molecule has 3 rings (SSSR count). The number of hydrogen-bond acceptors (Lipinski definition) is 4. The van der Waals surface area contributed by atoms with Crippen LogP contribution in [0.2, 0.25) is 0 Å². The third-order valence-corrected chi connectivity index (χ3v) is 4.12. The molecule has 0 spiro atoms. The smallest absolute Gasteiger partial charge is 0.197 e. The van der Waals surface area contributed by atoms with Gasteiger partial charge in [-0.25, -0.2) is 4.98 Å². The van der Waals surface area contributed by atoms with Crippen molar-refractivity contribution in [2.24, 2.45) is 7.05 Å². The molecule has 0 aliphatic carbocycles. The molecule has 0 bridgehead atoms. The Morgan fingerprint density at radius 3 is 2.80 bits per heavy atom. The highest BCUT2D eigenvalue weighted by Crippen LogP contribution is 2.25. The monoisotopic (exact) mass is 281 g/mol. The topological polar surface area (TPSA) is 58.7 Å². The largest absolute Gasteiger partial charge is 0.330 e. The number of para-hydroxylation sites is 2. The molecule has 2 heterocycles. The van der Waals surface area contributed by atoms with E-state index in [-0.39, 0.29) is 5.78 Å². The van der Waals surface area contributed by atoms with Crippen molar-refractivity contribution in [2.75, 3.05) is 0 Å². The van der Waals surface area contributed by atoms with Gasteiger partial charge in [-0.1, -0.05) is 18.2 Å². The maximum atomic E-state index is 12.4. The number of ketones is 1. The maximum Gasteiger partial charge on any atom is 0.197 e. The number of aryl methyl sites for hydroxylation is 1. The molecule has 20 heavy (non-hydrogen) atoms. The summed E-state index contributed by atoms with van der Waals surface area (Å²) in [7, 11) is 1.83. The van der Waals surface area contributed by atoms with Crippen LogP contribution in [-0.2, 0) is 7.05 Å². The Kier molecular flexibility index (Phi) is 3.09. The number of carbonyl (C=O) groups excluding carboxylic acids is 1. The third-order valence-electron chi connectivity index (χ3n) is 3.24. The molecule has 0 aliphatic rings. The average Bonchev–Trinajstić information content (AvgIpc) is 3.09. The second-order valence-corrected chi connectivity index (χ2v) is 5.37. The Labute approximate surface area is 119 Å². The maximum absolute atomic E-state index is 12.4. The second-order valence-electron chi connectivity index (χ2n) is 4.42. The Bertz CT molecular complexity index is 811. The molecule has 2 aromatic heterocycles. The van der Waals surface area contributed by atoms with Crippen molar-refractivity contribution in [1.29, 1.82) is 5.26 Å². The highest BCUT2D eigenvalue weighted by molar-refractivity contribution is 7.12. The van der Waals surface area contributed by atoms with Crippen LogP contribution >= 0.6 is 11.3 Å². The molecule has 1 unspecified atom stereocenters. The molecule has 0 aliphatic heterocycles. The lowest BCUT2D eigenvalue weighted by atomic mass is 10.0. The van der Waals surface area contributed by atoms with Gasteiger partial charge in [0.1, 0.15) is 5.82 Å². The third kappa shape index (κ3) is 1.91. The van der Waals surface area contributed by atoms with Crippen LogP contribution in [0.25, 0.3) is 11.0 Å². The van der Waals surface area contributed by atoms with Crippen molar-refractivity contribution in [3.63, 3.8) is 0 Å². The van der Waals surface area contributed by atoms with Crippen LogP contribution in [0.5, 0.6) is 0 Å². The molecule has 4 nitrogen and oxygen atoms in total. The van der Waals surface area contributed by atoms with Crippen molar-refractivity contribution in [1.82, 2.24) is 9.55 Å². The number of fused-ring (bicyclic) bond motifs is 1. The Balaban J connectivity index is 2.11. The van der Waals surface area contributed by atoms with Gasteiger partial charge in [0.2, 0.25) is 0 Å². The van der Waals surface area contributed by atoms with Crippen LogP contribution in [0.4, 0.5) is 0 Å². The van der Waals surface area contributed by atoms with Gasteiger partial charge in [0.15, 0.2) is 11.7 Å². The van der Waals surface area contributed by atoms with Crippen LogP contribution in [0.1, 0.15) is 21.4 Å². The van der Waals surface area contributed by atoms with E-state index in [4.69, 9.17) is 0 Å². The Morgan fingerprint density at radius 2 is 2.15 bits per heavy atom. The molecule has 0 amide bonds. The number of hydrogen-bond donors (Lipinski definition) is 0. The van der Waals surface area contributed by atoms with E-state index < -0.39 is 5.92 Å². The number of nitriles is 1. The number of rotatable bonds is 3. The van der Waals surface area contributed by atoms with Crippen molar-refractivity contribution in [3.05, 3.63) is 52.5 Å². The number of benzene rings is 1. The van der Waals surface area contributed by atoms with Crippen LogP contribution in [-0.4, -0.2) is 15.3 Å². The summed E-state index contributed by atoms with van der Waals surface area (Å²) < 4.78 is 1.81. The summed E-state index contributed by atoms with van der Waals surface area (Å²) in [5.74, 6) is -0.570. The zero-order valence-corrected chi connectivity index (χ0v) is 11.6. The first-order valence-electron chi connectivity index (χ1n) is 6.11. The summed E-state index contributed by atoms with van der Waals surface area (Å²) >= 11 is 1.34. The number of thiophene rings is 1. The van der Waals surface area contributed by atoms with Crippen molar-refractivity contribution < 1.29 is 4.79 Å². The van der Waals surface area contributed by atoms with E-state index in [0.29, 0.717) is 10.7 Å². The van der Waals surface area contributed by atoms with Gasteiger partial charge < -0.3 is 4.57 Å². The molecule has 0 fully saturated rings. The van der Waals surface area contributed by atoms with Crippen LogP contribution < -0.4 is 0 Å². The zero-order chi connectivity index (χ0) is 14.1. The van der Waals surface area contributed by atoms with Gasteiger partial charge in [-0.2, -0.15) is 5.26 Å². The van der Waals surface area contributed by atoms with E-state index >= 15 is 0 Å². The predicted molar refractivity (Wildman–Crippen MR) is 77.7 cm³/mol. The lowest BCUT2D eigenvalue weighted by molar-refractivity contribution is 0.0979. The van der Waals surface area contributed by atoms with Crippen molar-refractivity contribution in [3.8, 4) is 6.07 Å². The molecule has 1 aromatic carbocycles. The van der Waals surface area contributed by atoms with Gasteiger partial charge >= 0.3 is 0 Å². The molecular weight excluding hydrogens is 270 g/mol. The van der Waals surface area contributed by atoms with Crippen LogP contribution in [0, 0.1) is 11.3 Å².